The van der Waals surface area contributed by atoms with E-state index in [1.54, 1.807) is 6.07 Å². The Hall–Kier alpha value is -1.20. The highest BCUT2D eigenvalue weighted by Crippen LogP contribution is 2.18. The fourth-order valence-electron chi connectivity index (χ4n) is 2.21. The standard InChI is InChI=1S/C13H16FN3O2S.ClH/c1-9-8-16-5-4-13(9)17-20(18,19)11-2-3-12(14)10(6-11)7-15;/h2-3,6,9,13,16-17H,4-5,8H2,1H3;1H. The van der Waals surface area contributed by atoms with Crippen molar-refractivity contribution in [2.24, 2.45) is 5.92 Å². The van der Waals surface area contributed by atoms with E-state index in [9.17, 15) is 12.8 Å². The molecule has 1 saturated heterocycles. The van der Waals surface area contributed by atoms with E-state index in [-0.39, 0.29) is 34.8 Å². The molecule has 8 heteroatoms. The molecule has 1 aliphatic rings. The van der Waals surface area contributed by atoms with Crippen molar-refractivity contribution in [3.8, 4) is 6.07 Å². The first kappa shape index (κ1) is 17.9. The molecule has 0 bridgehead atoms. The number of nitrogens with one attached hydrogen (secondary N) is 2. The number of hydrogen-bond acceptors (Lipinski definition) is 4. The lowest BCUT2D eigenvalue weighted by Crippen LogP contribution is -2.48. The van der Waals surface area contributed by atoms with Crippen LogP contribution in [0.3, 0.4) is 0 Å². The van der Waals surface area contributed by atoms with Gasteiger partial charge in [0.25, 0.3) is 0 Å². The lowest BCUT2D eigenvalue weighted by Gasteiger charge is -2.29. The Labute approximate surface area is 130 Å². The summed E-state index contributed by atoms with van der Waals surface area (Å²) >= 11 is 0. The zero-order valence-electron chi connectivity index (χ0n) is 11.5. The third-order valence-corrected chi connectivity index (χ3v) is 4.95. The van der Waals surface area contributed by atoms with Crippen LogP contribution >= 0.6 is 12.4 Å². The zero-order valence-corrected chi connectivity index (χ0v) is 13.1. The Balaban J connectivity index is 0.00000220. The molecule has 1 aromatic rings. The molecule has 1 aliphatic heterocycles. The number of nitrogens with zero attached hydrogens (tertiary/aromatic N) is 1. The van der Waals surface area contributed by atoms with Gasteiger partial charge in [0.15, 0.2) is 0 Å². The molecule has 5 nitrogen and oxygen atoms in total. The topological polar surface area (TPSA) is 82.0 Å². The largest absolute Gasteiger partial charge is 0.316 e. The number of halogens is 2. The fourth-order valence-corrected chi connectivity index (χ4v) is 3.62. The van der Waals surface area contributed by atoms with Crippen LogP contribution in [0.1, 0.15) is 18.9 Å². The normalized spacial score (nSPS) is 22.1. The number of rotatable bonds is 3. The van der Waals surface area contributed by atoms with Gasteiger partial charge in [0.2, 0.25) is 10.0 Å². The van der Waals surface area contributed by atoms with E-state index < -0.39 is 15.8 Å². The second kappa shape index (κ2) is 7.18. The van der Waals surface area contributed by atoms with E-state index in [0.717, 1.165) is 25.2 Å². The van der Waals surface area contributed by atoms with Gasteiger partial charge in [0.05, 0.1) is 10.5 Å². The van der Waals surface area contributed by atoms with Gasteiger partial charge >= 0.3 is 0 Å². The van der Waals surface area contributed by atoms with Crippen molar-refractivity contribution in [1.82, 2.24) is 10.0 Å². The maximum Gasteiger partial charge on any atom is 0.240 e. The first-order valence-corrected chi connectivity index (χ1v) is 7.85. The average Bonchev–Trinajstić information content (AvgIpc) is 2.41. The molecule has 0 spiro atoms. The third kappa shape index (κ3) is 4.14. The van der Waals surface area contributed by atoms with Crippen LogP contribution in [0.2, 0.25) is 0 Å². The van der Waals surface area contributed by atoms with E-state index in [0.29, 0.717) is 6.42 Å². The van der Waals surface area contributed by atoms with Gasteiger partial charge in [-0.1, -0.05) is 6.92 Å². The SMILES string of the molecule is CC1CNCCC1NS(=O)(=O)c1ccc(F)c(C#N)c1.Cl. The summed E-state index contributed by atoms with van der Waals surface area (Å²) in [7, 11) is -3.74. The summed E-state index contributed by atoms with van der Waals surface area (Å²) in [4.78, 5) is -0.0822. The van der Waals surface area contributed by atoms with E-state index in [2.05, 4.69) is 10.0 Å². The molecule has 1 fully saturated rings. The number of hydrogen-bond donors (Lipinski definition) is 2. The van der Waals surface area contributed by atoms with Gasteiger partial charge in [0.1, 0.15) is 11.9 Å². The summed E-state index contributed by atoms with van der Waals surface area (Å²) in [5.41, 5.74) is -0.272. The van der Waals surface area contributed by atoms with Crippen LogP contribution in [0.4, 0.5) is 4.39 Å². The van der Waals surface area contributed by atoms with Gasteiger partial charge < -0.3 is 5.32 Å². The lowest BCUT2D eigenvalue weighted by atomic mass is 9.97. The summed E-state index contributed by atoms with van der Waals surface area (Å²) in [6, 6.07) is 4.72. The molecule has 2 atom stereocenters. The van der Waals surface area contributed by atoms with Crippen LogP contribution in [0.25, 0.3) is 0 Å². The molecule has 0 amide bonds. The minimum Gasteiger partial charge on any atom is -0.316 e. The number of sulfonamides is 1. The molecule has 0 aliphatic carbocycles. The molecule has 2 unspecified atom stereocenters. The van der Waals surface area contributed by atoms with Crippen molar-refractivity contribution >= 4 is 22.4 Å². The lowest BCUT2D eigenvalue weighted by molar-refractivity contribution is 0.328. The van der Waals surface area contributed by atoms with Crippen molar-refractivity contribution in [2.45, 2.75) is 24.3 Å². The van der Waals surface area contributed by atoms with Crippen LogP contribution in [0.15, 0.2) is 23.1 Å². The Morgan fingerprint density at radius 1 is 1.48 bits per heavy atom. The Morgan fingerprint density at radius 3 is 2.81 bits per heavy atom. The summed E-state index contributed by atoms with van der Waals surface area (Å²) in [5.74, 6) is -0.545. The van der Waals surface area contributed by atoms with Crippen LogP contribution in [0.5, 0.6) is 0 Å². The molecule has 0 radical (unpaired) electrons. The second-order valence-corrected chi connectivity index (χ2v) is 6.67. The van der Waals surface area contributed by atoms with Crippen molar-refractivity contribution < 1.29 is 12.8 Å². The highest BCUT2D eigenvalue weighted by molar-refractivity contribution is 7.89. The smallest absolute Gasteiger partial charge is 0.240 e. The highest BCUT2D eigenvalue weighted by Gasteiger charge is 2.27. The molecule has 0 aromatic heterocycles. The van der Waals surface area contributed by atoms with Gasteiger partial charge in [-0.3, -0.25) is 0 Å². The maximum absolute atomic E-state index is 13.2. The number of benzene rings is 1. The molecule has 116 valence electrons. The molecule has 2 rings (SSSR count). The summed E-state index contributed by atoms with van der Waals surface area (Å²) in [6.07, 6.45) is 0.701. The Bertz CT molecular complexity index is 645. The number of piperidine rings is 1. The van der Waals surface area contributed by atoms with Gasteiger partial charge in [-0.15, -0.1) is 12.4 Å². The van der Waals surface area contributed by atoms with Crippen molar-refractivity contribution in [3.63, 3.8) is 0 Å². The van der Waals surface area contributed by atoms with E-state index >= 15 is 0 Å². The minimum absolute atomic E-state index is 0. The molecule has 1 aromatic carbocycles. The van der Waals surface area contributed by atoms with Crippen molar-refractivity contribution in [1.29, 1.82) is 5.26 Å². The maximum atomic E-state index is 13.2. The predicted molar refractivity (Wildman–Crippen MR) is 79.1 cm³/mol. The fraction of sp³-hybridized carbons (Fsp3) is 0.462. The second-order valence-electron chi connectivity index (χ2n) is 4.95. The minimum atomic E-state index is -3.74. The first-order valence-electron chi connectivity index (χ1n) is 6.37. The molecule has 2 N–H and O–H groups in total. The van der Waals surface area contributed by atoms with Crippen molar-refractivity contribution in [2.75, 3.05) is 13.1 Å². The predicted octanol–water partition coefficient (Wildman–Crippen LogP) is 1.40. The van der Waals surface area contributed by atoms with Gasteiger partial charge in [0, 0.05) is 6.04 Å². The number of nitriles is 1. The quantitative estimate of drug-likeness (QED) is 0.876. The molecule has 21 heavy (non-hydrogen) atoms. The Kier molecular flexibility index (Phi) is 6.10. The van der Waals surface area contributed by atoms with E-state index in [1.807, 2.05) is 6.92 Å². The molecular weight excluding hydrogens is 317 g/mol. The molecular formula is C13H17ClFN3O2S. The van der Waals surface area contributed by atoms with Crippen LogP contribution < -0.4 is 10.0 Å². The van der Waals surface area contributed by atoms with E-state index in [4.69, 9.17) is 5.26 Å². The van der Waals surface area contributed by atoms with E-state index in [1.165, 1.54) is 6.07 Å². The molecule has 0 saturated carbocycles. The van der Waals surface area contributed by atoms with Crippen LogP contribution in [-0.4, -0.2) is 27.5 Å². The Morgan fingerprint density at radius 2 is 2.19 bits per heavy atom. The van der Waals surface area contributed by atoms with Crippen molar-refractivity contribution in [3.05, 3.63) is 29.6 Å². The summed E-state index contributed by atoms with van der Waals surface area (Å²) in [6.45, 7) is 3.47. The van der Waals surface area contributed by atoms with Crippen LogP contribution in [0, 0.1) is 23.1 Å². The third-order valence-electron chi connectivity index (χ3n) is 3.46. The van der Waals surface area contributed by atoms with Gasteiger partial charge in [-0.25, -0.2) is 17.5 Å². The highest BCUT2D eigenvalue weighted by atomic mass is 35.5. The van der Waals surface area contributed by atoms with Crippen LogP contribution in [-0.2, 0) is 10.0 Å². The van der Waals surface area contributed by atoms with Gasteiger partial charge in [-0.2, -0.15) is 5.26 Å². The summed E-state index contributed by atoms with van der Waals surface area (Å²) < 4.78 is 40.4. The summed E-state index contributed by atoms with van der Waals surface area (Å²) in [5, 5.41) is 11.9. The monoisotopic (exact) mass is 333 g/mol. The molecule has 1 heterocycles. The first-order chi connectivity index (χ1) is 9.44. The average molecular weight is 334 g/mol. The zero-order chi connectivity index (χ0) is 14.8. The van der Waals surface area contributed by atoms with Gasteiger partial charge in [-0.05, 0) is 43.6 Å².